The summed E-state index contributed by atoms with van der Waals surface area (Å²) in [6.45, 7) is 0. The van der Waals surface area contributed by atoms with E-state index in [0.717, 1.165) is 11.4 Å². The Hall–Kier alpha value is -5.15. The fourth-order valence-electron chi connectivity index (χ4n) is 4.18. The number of anilines is 3. The van der Waals surface area contributed by atoms with Crippen LogP contribution in [-0.2, 0) is 20.2 Å². The van der Waals surface area contributed by atoms with Crippen LogP contribution in [0.5, 0.6) is 0 Å². The molecule has 0 saturated carbocycles. The van der Waals surface area contributed by atoms with Crippen molar-refractivity contribution in [2.24, 2.45) is 5.10 Å². The summed E-state index contributed by atoms with van der Waals surface area (Å²) in [5, 5.41) is 12.0. The molecular weight excluding hydrogens is 592 g/mol. The summed E-state index contributed by atoms with van der Waals surface area (Å²) in [6.07, 6.45) is 4.35. The predicted molar refractivity (Wildman–Crippen MR) is 166 cm³/mol. The SMILES string of the molecule is O=S(=O)(O)c1ccccc1C=Cc1cccc(NN2N=C(Nc3ccccc3)C=C(Nc3ccccc3)N2)c1S(=O)(=O)O. The minimum Gasteiger partial charge on any atom is -0.341 e. The Labute approximate surface area is 248 Å². The molecule has 6 N–H and O–H groups in total. The third kappa shape index (κ3) is 7.58. The zero-order chi connectivity index (χ0) is 30.5. The number of nitrogens with one attached hydrogen (secondary N) is 4. The molecule has 4 aromatic carbocycles. The Morgan fingerprint density at radius 2 is 1.26 bits per heavy atom. The first-order chi connectivity index (χ1) is 20.6. The second kappa shape index (κ2) is 12.4. The van der Waals surface area contributed by atoms with Crippen molar-refractivity contribution in [3.63, 3.8) is 0 Å². The second-order valence-electron chi connectivity index (χ2n) is 9.11. The number of hydrogen-bond donors (Lipinski definition) is 6. The Bertz CT molecular complexity index is 1930. The number of hydrazine groups is 2. The summed E-state index contributed by atoms with van der Waals surface area (Å²) < 4.78 is 68.5. The molecule has 5 rings (SSSR count). The summed E-state index contributed by atoms with van der Waals surface area (Å²) >= 11 is 0. The topological polar surface area (TPSA) is 172 Å². The third-order valence-corrected chi connectivity index (χ3v) is 7.88. The van der Waals surface area contributed by atoms with Crippen molar-refractivity contribution >= 4 is 55.3 Å². The van der Waals surface area contributed by atoms with Gasteiger partial charge in [0.2, 0.25) is 0 Å². The van der Waals surface area contributed by atoms with E-state index in [2.05, 4.69) is 26.6 Å². The van der Waals surface area contributed by atoms with Crippen molar-refractivity contribution < 1.29 is 25.9 Å². The van der Waals surface area contributed by atoms with Crippen LogP contribution in [-0.4, -0.2) is 37.0 Å². The molecule has 14 heteroatoms. The highest BCUT2D eigenvalue weighted by molar-refractivity contribution is 7.86. The van der Waals surface area contributed by atoms with Crippen LogP contribution in [0.3, 0.4) is 0 Å². The third-order valence-electron chi connectivity index (χ3n) is 5.98. The van der Waals surface area contributed by atoms with Crippen LogP contribution in [0.25, 0.3) is 12.2 Å². The number of hydrogen-bond acceptors (Lipinski definition) is 10. The molecular formula is C29H26N6O6S2. The van der Waals surface area contributed by atoms with Crippen LogP contribution in [0.4, 0.5) is 17.1 Å². The lowest BCUT2D eigenvalue weighted by Crippen LogP contribution is -2.44. The average Bonchev–Trinajstić information content (AvgIpc) is 2.96. The van der Waals surface area contributed by atoms with E-state index in [4.69, 9.17) is 0 Å². The molecule has 0 atom stereocenters. The lowest BCUT2D eigenvalue weighted by atomic mass is 10.1. The molecule has 1 heterocycles. The largest absolute Gasteiger partial charge is 0.341 e. The lowest BCUT2D eigenvalue weighted by Gasteiger charge is -2.29. The van der Waals surface area contributed by atoms with Crippen LogP contribution in [0, 0.1) is 0 Å². The van der Waals surface area contributed by atoms with Crippen LogP contribution in [0.2, 0.25) is 0 Å². The zero-order valence-electron chi connectivity index (χ0n) is 22.3. The van der Waals surface area contributed by atoms with Gasteiger partial charge in [-0.3, -0.25) is 14.5 Å². The zero-order valence-corrected chi connectivity index (χ0v) is 23.9. The van der Waals surface area contributed by atoms with Crippen molar-refractivity contribution in [2.75, 3.05) is 16.1 Å². The molecule has 1 aliphatic heterocycles. The molecule has 0 fully saturated rings. The first-order valence-corrected chi connectivity index (χ1v) is 15.6. The molecule has 0 amide bonds. The number of benzene rings is 4. The van der Waals surface area contributed by atoms with Gasteiger partial charge in [0.15, 0.2) is 5.84 Å². The number of nitrogens with zero attached hydrogens (tertiary/aromatic N) is 2. The number of hydrazone groups is 1. The fraction of sp³-hybridized carbons (Fsp3) is 0. The van der Waals surface area contributed by atoms with Gasteiger partial charge >= 0.3 is 0 Å². The van der Waals surface area contributed by atoms with Crippen molar-refractivity contribution in [3.8, 4) is 0 Å². The minimum atomic E-state index is -4.81. The van der Waals surface area contributed by atoms with Crippen molar-refractivity contribution in [3.05, 3.63) is 126 Å². The van der Waals surface area contributed by atoms with Crippen LogP contribution < -0.4 is 21.5 Å². The van der Waals surface area contributed by atoms with Gasteiger partial charge in [-0.2, -0.15) is 16.8 Å². The van der Waals surface area contributed by atoms with Gasteiger partial charge in [-0.1, -0.05) is 78.9 Å². The van der Waals surface area contributed by atoms with E-state index >= 15 is 0 Å². The first kappa shape index (κ1) is 29.3. The fourth-order valence-corrected chi connectivity index (χ4v) is 5.69. The minimum absolute atomic E-state index is 0.0380. The lowest BCUT2D eigenvalue weighted by molar-refractivity contribution is 0.271. The summed E-state index contributed by atoms with van der Waals surface area (Å²) in [5.74, 6) is 0.876. The molecule has 0 aromatic heterocycles. The number of para-hydroxylation sites is 2. The van der Waals surface area contributed by atoms with Gasteiger partial charge in [0.1, 0.15) is 15.6 Å². The molecule has 0 radical (unpaired) electrons. The van der Waals surface area contributed by atoms with Crippen LogP contribution in [0.1, 0.15) is 11.1 Å². The van der Waals surface area contributed by atoms with E-state index in [1.54, 1.807) is 18.2 Å². The Balaban J connectivity index is 1.49. The highest BCUT2D eigenvalue weighted by atomic mass is 32.2. The van der Waals surface area contributed by atoms with Gasteiger partial charge in [-0.25, -0.2) is 5.43 Å². The molecule has 0 bridgehead atoms. The van der Waals surface area contributed by atoms with E-state index in [9.17, 15) is 25.9 Å². The maximum absolute atomic E-state index is 12.6. The summed E-state index contributed by atoms with van der Waals surface area (Å²) in [4.78, 5) is -0.846. The molecule has 0 aliphatic carbocycles. The number of rotatable bonds is 9. The van der Waals surface area contributed by atoms with Crippen molar-refractivity contribution in [1.82, 2.24) is 10.7 Å². The normalized spacial score (nSPS) is 13.6. The van der Waals surface area contributed by atoms with Crippen molar-refractivity contribution in [1.29, 1.82) is 0 Å². The first-order valence-electron chi connectivity index (χ1n) is 12.7. The van der Waals surface area contributed by atoms with E-state index in [-0.39, 0.29) is 21.7 Å². The van der Waals surface area contributed by atoms with Gasteiger partial charge in [0.25, 0.3) is 20.2 Å². The quantitative estimate of drug-likeness (QED) is 0.112. The maximum atomic E-state index is 12.6. The average molecular weight is 619 g/mol. The van der Waals surface area contributed by atoms with Gasteiger partial charge in [-0.05, 0) is 47.5 Å². The van der Waals surface area contributed by atoms with E-state index in [0.29, 0.717) is 11.7 Å². The summed E-state index contributed by atoms with van der Waals surface area (Å²) in [7, 11) is -9.35. The Morgan fingerprint density at radius 1 is 0.674 bits per heavy atom. The van der Waals surface area contributed by atoms with Crippen molar-refractivity contribution in [2.45, 2.75) is 9.79 Å². The summed E-state index contributed by atoms with van der Waals surface area (Å²) in [5.41, 5.74) is 7.52. The molecule has 12 nitrogen and oxygen atoms in total. The molecule has 4 aromatic rings. The molecule has 0 saturated heterocycles. The van der Waals surface area contributed by atoms with E-state index < -0.39 is 25.1 Å². The standard InChI is InChI=1S/C29H26N6O6S2/c36-42(37,38)26-17-8-7-10-21(26)18-19-22-11-9-16-25(29(22)43(39,40)41)32-35-33-27(30-23-12-3-1-4-13-23)20-28(34-35)31-24-14-5-2-6-15-24/h1-20,30,32-33H,(H,31,34)(H,36,37,38)(H,39,40,41). The molecule has 0 spiro atoms. The smallest absolute Gasteiger partial charge is 0.297 e. The Kier molecular flexibility index (Phi) is 8.45. The van der Waals surface area contributed by atoms with Crippen LogP contribution in [0.15, 0.2) is 130 Å². The highest BCUT2D eigenvalue weighted by Gasteiger charge is 2.23. The van der Waals surface area contributed by atoms with Gasteiger partial charge in [0.05, 0.1) is 5.69 Å². The van der Waals surface area contributed by atoms with E-state index in [1.165, 1.54) is 47.7 Å². The monoisotopic (exact) mass is 618 g/mol. The molecule has 1 aliphatic rings. The van der Waals surface area contributed by atoms with E-state index in [1.807, 2.05) is 60.7 Å². The molecule has 220 valence electrons. The van der Waals surface area contributed by atoms with Gasteiger partial charge in [-0.15, -0.1) is 10.3 Å². The Morgan fingerprint density at radius 3 is 1.91 bits per heavy atom. The molecule has 43 heavy (non-hydrogen) atoms. The maximum Gasteiger partial charge on any atom is 0.297 e. The molecule has 0 unspecified atom stereocenters. The summed E-state index contributed by atoms with van der Waals surface area (Å²) in [6, 6.07) is 28.7. The number of amidine groups is 1. The van der Waals surface area contributed by atoms with Gasteiger partial charge < -0.3 is 10.6 Å². The van der Waals surface area contributed by atoms with Gasteiger partial charge in [0, 0.05) is 17.5 Å². The van der Waals surface area contributed by atoms with Crippen LogP contribution >= 0.6 is 0 Å². The predicted octanol–water partition coefficient (Wildman–Crippen LogP) is 4.88. The second-order valence-corrected chi connectivity index (χ2v) is 11.9. The highest BCUT2D eigenvalue weighted by Crippen LogP contribution is 2.29.